The molecule has 18 heavy (non-hydrogen) atoms. The van der Waals surface area contributed by atoms with Gasteiger partial charge < -0.3 is 10.2 Å². The molecule has 0 aromatic heterocycles. The van der Waals surface area contributed by atoms with Gasteiger partial charge >= 0.3 is 0 Å². The van der Waals surface area contributed by atoms with Crippen LogP contribution < -0.4 is 5.32 Å². The monoisotopic (exact) mass is 270 g/mol. The smallest absolute Gasteiger partial charge is 0.239 e. The van der Waals surface area contributed by atoms with Gasteiger partial charge in [-0.1, -0.05) is 23.7 Å². The van der Waals surface area contributed by atoms with E-state index in [2.05, 4.69) is 5.32 Å². The summed E-state index contributed by atoms with van der Waals surface area (Å²) in [6.45, 7) is 3.69. The average Bonchev–Trinajstić information content (AvgIpc) is 2.50. The Morgan fingerprint density at radius 1 is 1.56 bits per heavy atom. The van der Waals surface area contributed by atoms with Gasteiger partial charge in [-0.3, -0.25) is 4.79 Å². The quantitative estimate of drug-likeness (QED) is 0.893. The van der Waals surface area contributed by atoms with Crippen LogP contribution in [0.3, 0.4) is 0 Å². The van der Waals surface area contributed by atoms with Crippen LogP contribution in [0.4, 0.5) is 4.39 Å². The number of halogens is 2. The molecule has 1 saturated heterocycles. The van der Waals surface area contributed by atoms with E-state index >= 15 is 0 Å². The van der Waals surface area contributed by atoms with Gasteiger partial charge in [0.05, 0.1) is 11.1 Å². The van der Waals surface area contributed by atoms with Crippen molar-refractivity contribution in [3.63, 3.8) is 0 Å². The fourth-order valence-electron chi connectivity index (χ4n) is 2.09. The lowest BCUT2D eigenvalue weighted by molar-refractivity contribution is -0.132. The molecule has 1 aliphatic heterocycles. The molecule has 1 atom stereocenters. The van der Waals surface area contributed by atoms with E-state index in [9.17, 15) is 9.18 Å². The lowest BCUT2D eigenvalue weighted by Gasteiger charge is -2.23. The van der Waals surface area contributed by atoms with Crippen molar-refractivity contribution in [1.29, 1.82) is 0 Å². The maximum atomic E-state index is 13.3. The molecule has 1 aromatic rings. The maximum absolute atomic E-state index is 13.3. The van der Waals surface area contributed by atoms with Gasteiger partial charge in [-0.05, 0) is 31.5 Å². The Labute approximate surface area is 111 Å². The van der Waals surface area contributed by atoms with E-state index in [1.54, 1.807) is 17.0 Å². The van der Waals surface area contributed by atoms with Gasteiger partial charge in [-0.15, -0.1) is 0 Å². The highest BCUT2D eigenvalue weighted by molar-refractivity contribution is 6.31. The number of benzene rings is 1. The Morgan fingerprint density at radius 2 is 2.33 bits per heavy atom. The first-order valence-electron chi connectivity index (χ1n) is 6.04. The second-order valence-electron chi connectivity index (χ2n) is 4.50. The van der Waals surface area contributed by atoms with Crippen molar-refractivity contribution in [3.05, 3.63) is 34.6 Å². The lowest BCUT2D eigenvalue weighted by atomic mass is 10.2. The van der Waals surface area contributed by atoms with Gasteiger partial charge in [0.2, 0.25) is 5.91 Å². The largest absolute Gasteiger partial charge is 0.337 e. The Morgan fingerprint density at radius 3 is 3.11 bits per heavy atom. The summed E-state index contributed by atoms with van der Waals surface area (Å²) in [6.07, 6.45) is 0.892. The fraction of sp³-hybridized carbons (Fsp3) is 0.462. The first-order valence-corrected chi connectivity index (χ1v) is 6.42. The van der Waals surface area contributed by atoms with Gasteiger partial charge in [0.25, 0.3) is 0 Å². The maximum Gasteiger partial charge on any atom is 0.239 e. The number of amides is 1. The van der Waals surface area contributed by atoms with E-state index < -0.39 is 5.82 Å². The number of nitrogens with zero attached hydrogens (tertiary/aromatic N) is 1. The number of nitrogens with one attached hydrogen (secondary N) is 1. The number of hydrogen-bond donors (Lipinski definition) is 1. The molecule has 1 aliphatic rings. The molecular formula is C13H16ClFN2O. The van der Waals surface area contributed by atoms with Crippen LogP contribution in [0.5, 0.6) is 0 Å². The van der Waals surface area contributed by atoms with Crippen molar-refractivity contribution in [2.45, 2.75) is 25.9 Å². The van der Waals surface area contributed by atoms with Crippen LogP contribution in [0, 0.1) is 5.82 Å². The number of rotatable bonds is 2. The molecule has 0 radical (unpaired) electrons. The molecule has 1 amide bonds. The third-order valence-electron chi connectivity index (χ3n) is 3.13. The summed E-state index contributed by atoms with van der Waals surface area (Å²) >= 11 is 5.91. The summed E-state index contributed by atoms with van der Waals surface area (Å²) in [5, 5.41) is 3.24. The Balaban J connectivity index is 2.16. The molecule has 1 unspecified atom stereocenters. The highest BCUT2D eigenvalue weighted by Gasteiger charge is 2.23. The molecule has 3 nitrogen and oxygen atoms in total. The van der Waals surface area contributed by atoms with Crippen LogP contribution in [0.2, 0.25) is 5.02 Å². The second kappa shape index (κ2) is 5.67. The van der Waals surface area contributed by atoms with Gasteiger partial charge in [0.15, 0.2) is 0 Å². The minimum Gasteiger partial charge on any atom is -0.337 e. The highest BCUT2D eigenvalue weighted by Crippen LogP contribution is 2.21. The predicted molar refractivity (Wildman–Crippen MR) is 68.9 cm³/mol. The van der Waals surface area contributed by atoms with E-state index in [4.69, 9.17) is 11.6 Å². The van der Waals surface area contributed by atoms with E-state index in [1.807, 2.05) is 6.92 Å². The average molecular weight is 271 g/mol. The molecule has 1 fully saturated rings. The Bertz CT molecular complexity index is 453. The molecular weight excluding hydrogens is 255 g/mol. The van der Waals surface area contributed by atoms with Crippen molar-refractivity contribution < 1.29 is 9.18 Å². The summed E-state index contributed by atoms with van der Waals surface area (Å²) in [7, 11) is 0. The van der Waals surface area contributed by atoms with E-state index in [0.717, 1.165) is 13.0 Å². The molecule has 2 rings (SSSR count). The van der Waals surface area contributed by atoms with Crippen molar-refractivity contribution in [2.75, 3.05) is 13.1 Å². The van der Waals surface area contributed by atoms with Crippen LogP contribution in [-0.4, -0.2) is 29.9 Å². The van der Waals surface area contributed by atoms with Crippen LogP contribution >= 0.6 is 11.6 Å². The van der Waals surface area contributed by atoms with Crippen LogP contribution in [0.25, 0.3) is 0 Å². The molecule has 0 saturated carbocycles. The number of carbonyl (C=O) groups is 1. The second-order valence-corrected chi connectivity index (χ2v) is 4.88. The first kappa shape index (κ1) is 13.3. The van der Waals surface area contributed by atoms with Crippen LogP contribution in [-0.2, 0) is 11.3 Å². The predicted octanol–water partition coefficient (Wildman–Crippen LogP) is 2.19. The minimum absolute atomic E-state index is 0.0350. The molecule has 1 N–H and O–H groups in total. The Kier molecular flexibility index (Phi) is 4.19. The molecule has 5 heteroatoms. The Hall–Kier alpha value is -1.13. The van der Waals surface area contributed by atoms with Crippen molar-refractivity contribution in [3.8, 4) is 0 Å². The summed E-state index contributed by atoms with van der Waals surface area (Å²) in [4.78, 5) is 13.8. The minimum atomic E-state index is -0.442. The normalized spacial score (nSPS) is 20.9. The third-order valence-corrected chi connectivity index (χ3v) is 3.55. The van der Waals surface area contributed by atoms with Crippen molar-refractivity contribution in [1.82, 2.24) is 10.2 Å². The van der Waals surface area contributed by atoms with E-state index in [-0.39, 0.29) is 17.0 Å². The standard InChI is InChI=1S/C13H16ClFN2O/c1-9-13(18)17(7-3-6-16-9)8-10-4-2-5-11(15)12(10)14/h2,4-5,9,16H,3,6-8H2,1H3. The van der Waals surface area contributed by atoms with Crippen LogP contribution in [0.1, 0.15) is 18.9 Å². The van der Waals surface area contributed by atoms with Gasteiger partial charge in [-0.2, -0.15) is 0 Å². The van der Waals surface area contributed by atoms with E-state index in [1.165, 1.54) is 6.07 Å². The zero-order chi connectivity index (χ0) is 13.1. The zero-order valence-corrected chi connectivity index (χ0v) is 11.0. The molecule has 0 bridgehead atoms. The summed E-state index contributed by atoms with van der Waals surface area (Å²) < 4.78 is 13.3. The summed E-state index contributed by atoms with van der Waals surface area (Å²) in [5.74, 6) is -0.407. The lowest BCUT2D eigenvalue weighted by Crippen LogP contribution is -2.41. The third kappa shape index (κ3) is 2.82. The summed E-state index contributed by atoms with van der Waals surface area (Å²) in [5.41, 5.74) is 0.652. The van der Waals surface area contributed by atoms with Crippen molar-refractivity contribution >= 4 is 17.5 Å². The fourth-order valence-corrected chi connectivity index (χ4v) is 2.28. The first-order chi connectivity index (χ1) is 8.59. The highest BCUT2D eigenvalue weighted by atomic mass is 35.5. The van der Waals surface area contributed by atoms with Gasteiger partial charge in [-0.25, -0.2) is 4.39 Å². The SMILES string of the molecule is CC1NCCCN(Cc2cccc(F)c2Cl)C1=O. The zero-order valence-electron chi connectivity index (χ0n) is 10.2. The number of hydrogen-bond acceptors (Lipinski definition) is 2. The molecule has 0 spiro atoms. The molecule has 1 aromatic carbocycles. The van der Waals surface area contributed by atoms with E-state index in [0.29, 0.717) is 18.7 Å². The molecule has 1 heterocycles. The van der Waals surface area contributed by atoms with Gasteiger partial charge in [0.1, 0.15) is 5.82 Å². The number of carbonyl (C=O) groups excluding carboxylic acids is 1. The van der Waals surface area contributed by atoms with Crippen molar-refractivity contribution in [2.24, 2.45) is 0 Å². The summed E-state index contributed by atoms with van der Waals surface area (Å²) in [6, 6.07) is 4.49. The molecule has 98 valence electrons. The topological polar surface area (TPSA) is 32.3 Å². The van der Waals surface area contributed by atoms with Crippen LogP contribution in [0.15, 0.2) is 18.2 Å². The molecule has 0 aliphatic carbocycles. The van der Waals surface area contributed by atoms with Gasteiger partial charge in [0, 0.05) is 13.1 Å².